The van der Waals surface area contributed by atoms with Gasteiger partial charge in [0.25, 0.3) is 0 Å². The zero-order valence-corrected chi connectivity index (χ0v) is 5.09. The Morgan fingerprint density at radius 2 is 2.22 bits per heavy atom. The normalized spacial score (nSPS) is 11.8. The molecule has 0 saturated heterocycles. The van der Waals surface area contributed by atoms with Gasteiger partial charge >= 0.3 is 18.9 Å². The minimum atomic E-state index is -0.681. The maximum atomic E-state index is 9.88. The monoisotopic (exact) mass is 126 g/mol. The van der Waals surface area contributed by atoms with Crippen LogP contribution in [0.4, 0.5) is 0 Å². The van der Waals surface area contributed by atoms with Crippen LogP contribution in [0.15, 0.2) is 0 Å². The van der Waals surface area contributed by atoms with E-state index in [-0.39, 0.29) is 18.9 Å². The molecule has 0 aromatic rings. The van der Waals surface area contributed by atoms with Crippen LogP contribution in [0, 0.1) is 0 Å². The summed E-state index contributed by atoms with van der Waals surface area (Å²) in [7, 11) is 1.43. The maximum absolute atomic E-state index is 9.88. The Bertz CT molecular complexity index is 67.2. The van der Waals surface area contributed by atoms with Gasteiger partial charge in [-0.15, -0.1) is 0 Å². The summed E-state index contributed by atoms with van der Waals surface area (Å²) in [5, 5.41) is 0. The van der Waals surface area contributed by atoms with Crippen molar-refractivity contribution in [2.45, 2.75) is 13.2 Å². The van der Waals surface area contributed by atoms with Gasteiger partial charge in [-0.1, -0.05) is 0 Å². The van der Waals surface area contributed by atoms with Gasteiger partial charge in [0, 0.05) is 13.7 Å². The van der Waals surface area contributed by atoms with Crippen LogP contribution in [0.25, 0.3) is 0 Å². The van der Waals surface area contributed by atoms with Crippen LogP contribution in [0.2, 0.25) is 0 Å². The Balaban J connectivity index is 0. The predicted molar refractivity (Wildman–Crippen MR) is 35.6 cm³/mol. The van der Waals surface area contributed by atoms with Crippen LogP contribution in [0.5, 0.6) is 0 Å². The van der Waals surface area contributed by atoms with Gasteiger partial charge in [-0.3, -0.25) is 4.79 Å². The number of methoxy groups -OCH3 is 1. The Morgan fingerprint density at radius 1 is 1.67 bits per heavy atom. The van der Waals surface area contributed by atoms with E-state index in [1.54, 1.807) is 6.92 Å². The van der Waals surface area contributed by atoms with Crippen molar-refractivity contribution < 1.29 is 14.3 Å². The second-order valence-electron chi connectivity index (χ2n) is 1.20. The van der Waals surface area contributed by atoms with Crippen LogP contribution >= 0.6 is 0 Å². The van der Waals surface area contributed by atoms with Crippen LogP contribution in [0.3, 0.4) is 0 Å². The van der Waals surface area contributed by atoms with Gasteiger partial charge in [-0.25, -0.2) is 0 Å². The molecule has 0 radical (unpaired) electrons. The van der Waals surface area contributed by atoms with E-state index in [9.17, 15) is 4.79 Å². The molecule has 0 aliphatic carbocycles. The van der Waals surface area contributed by atoms with E-state index in [0.29, 0.717) is 12.9 Å². The van der Waals surface area contributed by atoms with Crippen molar-refractivity contribution in [3.8, 4) is 0 Å². The van der Waals surface area contributed by atoms with Crippen molar-refractivity contribution in [3.05, 3.63) is 0 Å². The van der Waals surface area contributed by atoms with E-state index in [0.717, 1.165) is 0 Å². The predicted octanol–water partition coefficient (Wildman–Crippen LogP) is -0.454. The average molecular weight is 126 g/mol. The average Bonchev–Trinajstić information content (AvgIpc) is 1.83. The van der Waals surface area contributed by atoms with Gasteiger partial charge < -0.3 is 9.47 Å². The standard InChI is InChI=1S/C5H10O3.Li.H/c1-3-8-5(4-6)7-2;;/h4-5H,3H2,1-2H3;;. The first-order chi connectivity index (χ1) is 3.85. The molecule has 0 fully saturated rings. The van der Waals surface area contributed by atoms with E-state index in [1.165, 1.54) is 7.11 Å². The zero-order chi connectivity index (χ0) is 6.41. The summed E-state index contributed by atoms with van der Waals surface area (Å²) in [4.78, 5) is 9.88. The summed E-state index contributed by atoms with van der Waals surface area (Å²) < 4.78 is 9.30. The van der Waals surface area contributed by atoms with E-state index >= 15 is 0 Å². The fraction of sp³-hybridized carbons (Fsp3) is 0.800. The van der Waals surface area contributed by atoms with E-state index in [1.807, 2.05) is 0 Å². The Morgan fingerprint density at radius 3 is 2.33 bits per heavy atom. The molecular formula is C5H11LiO3. The second kappa shape index (κ2) is 8.19. The SMILES string of the molecule is CCOC(C=O)OC.[LiH]. The van der Waals surface area contributed by atoms with Gasteiger partial charge in [-0.2, -0.15) is 0 Å². The molecule has 0 spiro atoms. The number of carbonyl (C=O) groups is 1. The van der Waals surface area contributed by atoms with Gasteiger partial charge in [0.15, 0.2) is 6.29 Å². The first-order valence-electron chi connectivity index (χ1n) is 2.44. The molecule has 1 atom stereocenters. The van der Waals surface area contributed by atoms with Crippen LogP contribution in [-0.2, 0) is 14.3 Å². The first kappa shape index (κ1) is 11.9. The summed E-state index contributed by atoms with van der Waals surface area (Å²) in [6.45, 7) is 2.30. The van der Waals surface area contributed by atoms with Crippen molar-refractivity contribution in [1.29, 1.82) is 0 Å². The molecule has 0 N–H and O–H groups in total. The molecular weight excluding hydrogens is 115 g/mol. The second-order valence-corrected chi connectivity index (χ2v) is 1.20. The zero-order valence-electron chi connectivity index (χ0n) is 5.09. The molecule has 0 amide bonds. The summed E-state index contributed by atoms with van der Waals surface area (Å²) >= 11 is 0. The number of hydrogen-bond donors (Lipinski definition) is 0. The Kier molecular flexibility index (Phi) is 10.8. The van der Waals surface area contributed by atoms with E-state index < -0.39 is 6.29 Å². The van der Waals surface area contributed by atoms with Crippen LogP contribution in [-0.4, -0.2) is 45.2 Å². The van der Waals surface area contributed by atoms with E-state index in [4.69, 9.17) is 4.74 Å². The van der Waals surface area contributed by atoms with Gasteiger partial charge in [-0.05, 0) is 6.92 Å². The fourth-order valence-electron chi connectivity index (χ4n) is 0.327. The molecule has 0 saturated carbocycles. The Labute approximate surface area is 66.9 Å². The molecule has 0 bridgehead atoms. The number of carbonyl (C=O) groups excluding carboxylic acids is 1. The third-order valence-electron chi connectivity index (χ3n) is 0.674. The summed E-state index contributed by atoms with van der Waals surface area (Å²) in [6.07, 6.45) is -0.0660. The molecule has 1 unspecified atom stereocenters. The first-order valence-corrected chi connectivity index (χ1v) is 2.44. The number of ether oxygens (including phenoxy) is 2. The molecule has 4 heteroatoms. The summed E-state index contributed by atoms with van der Waals surface area (Å²) in [5.41, 5.74) is 0. The molecule has 0 aromatic carbocycles. The van der Waals surface area contributed by atoms with Gasteiger partial charge in [0.2, 0.25) is 6.29 Å². The number of hydrogen-bond acceptors (Lipinski definition) is 3. The number of aldehydes is 1. The summed E-state index contributed by atoms with van der Waals surface area (Å²) in [5.74, 6) is 0. The van der Waals surface area contributed by atoms with Crippen molar-refractivity contribution in [2.24, 2.45) is 0 Å². The molecule has 0 aromatic heterocycles. The fourth-order valence-corrected chi connectivity index (χ4v) is 0.327. The van der Waals surface area contributed by atoms with Crippen molar-refractivity contribution in [3.63, 3.8) is 0 Å². The van der Waals surface area contributed by atoms with Gasteiger partial charge in [0.05, 0.1) is 0 Å². The molecule has 3 nitrogen and oxygen atoms in total. The molecule has 0 aliphatic rings. The summed E-state index contributed by atoms with van der Waals surface area (Å²) in [6, 6.07) is 0. The third-order valence-corrected chi connectivity index (χ3v) is 0.674. The molecule has 0 rings (SSSR count). The number of rotatable bonds is 4. The van der Waals surface area contributed by atoms with Crippen molar-refractivity contribution in [1.82, 2.24) is 0 Å². The minimum absolute atomic E-state index is 0. The molecule has 9 heavy (non-hydrogen) atoms. The molecule has 0 heterocycles. The molecule has 50 valence electrons. The van der Waals surface area contributed by atoms with Crippen LogP contribution < -0.4 is 0 Å². The van der Waals surface area contributed by atoms with Gasteiger partial charge in [0.1, 0.15) is 0 Å². The van der Waals surface area contributed by atoms with Crippen molar-refractivity contribution in [2.75, 3.05) is 13.7 Å². The third kappa shape index (κ3) is 6.07. The Hall–Kier alpha value is 0.187. The molecule has 0 aliphatic heterocycles. The van der Waals surface area contributed by atoms with Crippen LogP contribution in [0.1, 0.15) is 6.92 Å². The quantitative estimate of drug-likeness (QED) is 0.290. The van der Waals surface area contributed by atoms with Crippen molar-refractivity contribution >= 4 is 25.1 Å². The van der Waals surface area contributed by atoms with E-state index in [2.05, 4.69) is 4.74 Å². The topological polar surface area (TPSA) is 35.5 Å².